The second-order valence-corrected chi connectivity index (χ2v) is 5.70. The average Bonchev–Trinajstić information content (AvgIpc) is 3.07. The lowest BCUT2D eigenvalue weighted by Gasteiger charge is -2.35. The van der Waals surface area contributed by atoms with Crippen molar-refractivity contribution < 1.29 is 14.6 Å². The monoisotopic (exact) mass is 274 g/mol. The fourth-order valence-corrected chi connectivity index (χ4v) is 3.46. The highest BCUT2D eigenvalue weighted by Gasteiger charge is 2.40. The number of aromatic nitrogens is 2. The molecule has 2 fully saturated rings. The van der Waals surface area contributed by atoms with Gasteiger partial charge in [-0.2, -0.15) is 5.10 Å². The van der Waals surface area contributed by atoms with E-state index in [0.29, 0.717) is 5.92 Å². The maximum absolute atomic E-state index is 9.66. The largest absolute Gasteiger partial charge is 0.508 e. The molecule has 2 aliphatic rings. The van der Waals surface area contributed by atoms with Gasteiger partial charge in [-0.25, -0.2) is 4.52 Å². The van der Waals surface area contributed by atoms with Gasteiger partial charge in [0.1, 0.15) is 5.75 Å². The summed E-state index contributed by atoms with van der Waals surface area (Å²) in [6.07, 6.45) is 7.67. The van der Waals surface area contributed by atoms with E-state index < -0.39 is 0 Å². The van der Waals surface area contributed by atoms with E-state index in [4.69, 9.17) is 9.47 Å². The highest BCUT2D eigenvalue weighted by Crippen LogP contribution is 2.43. The lowest BCUT2D eigenvalue weighted by Crippen LogP contribution is -2.34. The van der Waals surface area contributed by atoms with Gasteiger partial charge in [0.15, 0.2) is 5.79 Å². The molecule has 0 bridgehead atoms. The van der Waals surface area contributed by atoms with Gasteiger partial charge in [0.05, 0.1) is 24.9 Å². The molecule has 1 saturated carbocycles. The molecule has 0 aromatic carbocycles. The zero-order valence-electron chi connectivity index (χ0n) is 11.3. The summed E-state index contributed by atoms with van der Waals surface area (Å²) >= 11 is 0. The summed E-state index contributed by atoms with van der Waals surface area (Å²) < 4.78 is 13.4. The van der Waals surface area contributed by atoms with Crippen LogP contribution in [0.4, 0.5) is 0 Å². The molecule has 0 radical (unpaired) electrons. The standard InChI is InChI=1S/C15H18N2O3/c18-12-3-6-17-14(9-12)13(10-16-17)11-1-4-15(5-2-11)19-7-8-20-15/h3,6,9-11,18H,1-2,4-5,7-8H2. The lowest BCUT2D eigenvalue weighted by atomic mass is 9.81. The fraction of sp³-hybridized carbons (Fsp3) is 0.533. The van der Waals surface area contributed by atoms with Crippen molar-refractivity contribution in [3.05, 3.63) is 30.1 Å². The smallest absolute Gasteiger partial charge is 0.168 e. The van der Waals surface area contributed by atoms with Crippen LogP contribution in [0.1, 0.15) is 37.2 Å². The first-order valence-corrected chi connectivity index (χ1v) is 7.20. The minimum absolute atomic E-state index is 0.286. The summed E-state index contributed by atoms with van der Waals surface area (Å²) in [6, 6.07) is 3.44. The Morgan fingerprint density at radius 2 is 2.00 bits per heavy atom. The van der Waals surface area contributed by atoms with Gasteiger partial charge in [0.25, 0.3) is 0 Å². The van der Waals surface area contributed by atoms with Gasteiger partial charge in [-0.15, -0.1) is 0 Å². The molecular weight excluding hydrogens is 256 g/mol. The molecule has 3 heterocycles. The van der Waals surface area contributed by atoms with Crippen LogP contribution in [0.15, 0.2) is 24.5 Å². The summed E-state index contributed by atoms with van der Waals surface area (Å²) in [4.78, 5) is 0. The zero-order chi connectivity index (χ0) is 13.6. The van der Waals surface area contributed by atoms with Crippen LogP contribution in [-0.2, 0) is 9.47 Å². The number of pyridine rings is 1. The predicted molar refractivity (Wildman–Crippen MR) is 72.7 cm³/mol. The van der Waals surface area contributed by atoms with Crippen LogP contribution in [0.25, 0.3) is 5.52 Å². The third-order valence-corrected chi connectivity index (χ3v) is 4.54. The summed E-state index contributed by atoms with van der Waals surface area (Å²) in [5.41, 5.74) is 2.22. The van der Waals surface area contributed by atoms with Crippen LogP contribution in [0.2, 0.25) is 0 Å². The second-order valence-electron chi connectivity index (χ2n) is 5.70. The number of rotatable bonds is 1. The van der Waals surface area contributed by atoms with E-state index in [-0.39, 0.29) is 11.5 Å². The van der Waals surface area contributed by atoms with Crippen LogP contribution in [0.3, 0.4) is 0 Å². The molecule has 1 aliphatic carbocycles. The zero-order valence-corrected chi connectivity index (χ0v) is 11.3. The maximum atomic E-state index is 9.66. The van der Waals surface area contributed by atoms with Crippen LogP contribution >= 0.6 is 0 Å². The highest BCUT2D eigenvalue weighted by atomic mass is 16.7. The van der Waals surface area contributed by atoms with E-state index in [2.05, 4.69) is 5.10 Å². The van der Waals surface area contributed by atoms with Crippen molar-refractivity contribution in [1.29, 1.82) is 0 Å². The van der Waals surface area contributed by atoms with Crippen molar-refractivity contribution in [3.8, 4) is 5.75 Å². The lowest BCUT2D eigenvalue weighted by molar-refractivity contribution is -0.178. The Morgan fingerprint density at radius 3 is 2.75 bits per heavy atom. The molecule has 2 aromatic heterocycles. The Labute approximate surface area is 117 Å². The molecular formula is C15H18N2O3. The van der Waals surface area contributed by atoms with Gasteiger partial charge in [-0.1, -0.05) is 0 Å². The third-order valence-electron chi connectivity index (χ3n) is 4.54. The Kier molecular flexibility index (Phi) is 2.72. The summed E-state index contributed by atoms with van der Waals surface area (Å²) in [5.74, 6) is 0.434. The van der Waals surface area contributed by atoms with E-state index in [1.165, 1.54) is 5.56 Å². The van der Waals surface area contributed by atoms with Gasteiger partial charge in [0, 0.05) is 30.7 Å². The Hall–Kier alpha value is -1.59. The number of hydrogen-bond acceptors (Lipinski definition) is 4. The van der Waals surface area contributed by atoms with E-state index in [0.717, 1.165) is 44.4 Å². The van der Waals surface area contributed by atoms with Crippen molar-refractivity contribution >= 4 is 5.52 Å². The third kappa shape index (κ3) is 1.89. The SMILES string of the molecule is Oc1ccn2ncc(C3CCC4(CC3)OCCO4)c2c1. The quantitative estimate of drug-likeness (QED) is 0.867. The molecule has 2 aromatic rings. The van der Waals surface area contributed by atoms with E-state index >= 15 is 0 Å². The van der Waals surface area contributed by atoms with Crippen LogP contribution < -0.4 is 0 Å². The molecule has 5 nitrogen and oxygen atoms in total. The molecule has 0 amide bonds. The second kappa shape index (κ2) is 4.46. The molecule has 0 unspecified atom stereocenters. The fourth-order valence-electron chi connectivity index (χ4n) is 3.46. The predicted octanol–water partition coefficient (Wildman–Crippen LogP) is 2.44. The molecule has 4 rings (SSSR count). The van der Waals surface area contributed by atoms with Crippen molar-refractivity contribution in [2.24, 2.45) is 0 Å². The van der Waals surface area contributed by atoms with E-state index in [1.807, 2.05) is 10.7 Å². The molecule has 20 heavy (non-hydrogen) atoms. The number of nitrogens with zero attached hydrogens (tertiary/aromatic N) is 2. The van der Waals surface area contributed by atoms with Crippen molar-refractivity contribution in [2.75, 3.05) is 13.2 Å². The molecule has 1 spiro atoms. The Balaban J connectivity index is 1.60. The Morgan fingerprint density at radius 1 is 1.25 bits per heavy atom. The topological polar surface area (TPSA) is 56.0 Å². The number of fused-ring (bicyclic) bond motifs is 1. The number of ether oxygens (including phenoxy) is 2. The maximum Gasteiger partial charge on any atom is 0.168 e. The van der Waals surface area contributed by atoms with Crippen molar-refractivity contribution in [2.45, 2.75) is 37.4 Å². The first-order valence-electron chi connectivity index (χ1n) is 7.20. The summed E-state index contributed by atoms with van der Waals surface area (Å²) in [6.45, 7) is 1.44. The number of hydrogen-bond donors (Lipinski definition) is 1. The molecule has 0 atom stereocenters. The summed E-state index contributed by atoms with van der Waals surface area (Å²) in [7, 11) is 0. The van der Waals surface area contributed by atoms with Crippen LogP contribution in [0, 0.1) is 0 Å². The minimum Gasteiger partial charge on any atom is -0.508 e. The first kappa shape index (κ1) is 12.2. The van der Waals surface area contributed by atoms with E-state index in [9.17, 15) is 5.11 Å². The molecule has 1 aliphatic heterocycles. The summed E-state index contributed by atoms with van der Waals surface area (Å²) in [5, 5.41) is 14.0. The highest BCUT2D eigenvalue weighted by molar-refractivity contribution is 5.58. The molecule has 5 heteroatoms. The van der Waals surface area contributed by atoms with Crippen LogP contribution in [0.5, 0.6) is 5.75 Å². The average molecular weight is 274 g/mol. The van der Waals surface area contributed by atoms with Crippen molar-refractivity contribution in [1.82, 2.24) is 9.61 Å². The van der Waals surface area contributed by atoms with Gasteiger partial charge < -0.3 is 14.6 Å². The van der Waals surface area contributed by atoms with Gasteiger partial charge in [0.2, 0.25) is 0 Å². The minimum atomic E-state index is -0.318. The number of aromatic hydroxyl groups is 1. The van der Waals surface area contributed by atoms with Crippen LogP contribution in [-0.4, -0.2) is 33.7 Å². The van der Waals surface area contributed by atoms with Gasteiger partial charge in [-0.3, -0.25) is 0 Å². The molecule has 1 N–H and O–H groups in total. The Bertz CT molecular complexity index is 621. The van der Waals surface area contributed by atoms with E-state index in [1.54, 1.807) is 18.3 Å². The van der Waals surface area contributed by atoms with Gasteiger partial charge in [-0.05, 0) is 24.8 Å². The first-order chi connectivity index (χ1) is 9.76. The van der Waals surface area contributed by atoms with Crippen molar-refractivity contribution in [3.63, 3.8) is 0 Å². The van der Waals surface area contributed by atoms with Gasteiger partial charge >= 0.3 is 0 Å². The normalized spacial score (nSPS) is 22.8. The molecule has 1 saturated heterocycles. The molecule has 106 valence electrons.